The maximum atomic E-state index is 11.6. The molecule has 2 unspecified atom stereocenters. The molecule has 14 heavy (non-hydrogen) atoms. The molecule has 0 bridgehead atoms. The summed E-state index contributed by atoms with van der Waals surface area (Å²) in [5, 5.41) is 8.73. The minimum Gasteiger partial charge on any atom is -0.480 e. The van der Waals surface area contributed by atoms with Crippen molar-refractivity contribution in [3.05, 3.63) is 0 Å². The number of carboxylic acids is 1. The molecule has 0 spiro atoms. The Hall–Kier alpha value is -0.620. The van der Waals surface area contributed by atoms with Crippen LogP contribution in [-0.4, -0.2) is 36.0 Å². The highest BCUT2D eigenvalue weighted by molar-refractivity contribution is 7.93. The average Bonchev–Trinajstić information content (AvgIpc) is 2.21. The van der Waals surface area contributed by atoms with Crippen LogP contribution in [0.15, 0.2) is 0 Å². The van der Waals surface area contributed by atoms with Crippen molar-refractivity contribution in [2.75, 3.05) is 5.75 Å². The number of hydrogen-bond acceptors (Lipinski definition) is 4. The highest BCUT2D eigenvalue weighted by Crippen LogP contribution is 2.38. The number of sulfone groups is 1. The molecule has 0 aromatic heterocycles. The van der Waals surface area contributed by atoms with E-state index in [4.69, 9.17) is 10.8 Å². The van der Waals surface area contributed by atoms with Gasteiger partial charge in [0.25, 0.3) is 0 Å². The molecular formula is C8H15NO4S. The molecule has 1 heterocycles. The number of carbonyl (C=O) groups is 1. The molecule has 0 aromatic rings. The lowest BCUT2D eigenvalue weighted by Crippen LogP contribution is -2.47. The Labute approximate surface area is 83.2 Å². The topological polar surface area (TPSA) is 97.5 Å². The summed E-state index contributed by atoms with van der Waals surface area (Å²) in [6.45, 7) is 3.09. The Morgan fingerprint density at radius 3 is 2.36 bits per heavy atom. The van der Waals surface area contributed by atoms with Crippen LogP contribution in [0.25, 0.3) is 0 Å². The van der Waals surface area contributed by atoms with Crippen LogP contribution in [0, 0.1) is 5.92 Å². The molecule has 1 rings (SSSR count). The molecule has 1 aliphatic rings. The lowest BCUT2D eigenvalue weighted by atomic mass is 9.86. The molecule has 0 aromatic carbocycles. The molecule has 2 atom stereocenters. The van der Waals surface area contributed by atoms with E-state index in [1.54, 1.807) is 13.8 Å². The quantitative estimate of drug-likeness (QED) is 0.662. The number of rotatable bonds is 2. The van der Waals surface area contributed by atoms with E-state index in [1.807, 2.05) is 0 Å². The average molecular weight is 221 g/mol. The van der Waals surface area contributed by atoms with Gasteiger partial charge in [-0.15, -0.1) is 0 Å². The molecule has 0 radical (unpaired) electrons. The minimum atomic E-state index is -3.20. The first-order valence-electron chi connectivity index (χ1n) is 4.41. The van der Waals surface area contributed by atoms with Crippen LogP contribution in [0.2, 0.25) is 0 Å². The van der Waals surface area contributed by atoms with Crippen molar-refractivity contribution in [1.29, 1.82) is 0 Å². The predicted octanol–water partition coefficient (Wildman–Crippen LogP) is -0.388. The number of nitrogens with two attached hydrogens (primary N) is 1. The second-order valence-corrected chi connectivity index (χ2v) is 6.87. The van der Waals surface area contributed by atoms with Crippen LogP contribution in [-0.2, 0) is 14.6 Å². The molecular weight excluding hydrogens is 206 g/mol. The van der Waals surface area contributed by atoms with E-state index in [-0.39, 0.29) is 5.75 Å². The Balaban J connectivity index is 3.02. The van der Waals surface area contributed by atoms with E-state index in [0.29, 0.717) is 6.42 Å². The molecule has 0 amide bonds. The predicted molar refractivity (Wildman–Crippen MR) is 51.6 cm³/mol. The van der Waals surface area contributed by atoms with Crippen LogP contribution in [0.5, 0.6) is 0 Å². The molecule has 82 valence electrons. The van der Waals surface area contributed by atoms with Gasteiger partial charge < -0.3 is 10.8 Å². The monoisotopic (exact) mass is 221 g/mol. The van der Waals surface area contributed by atoms with E-state index in [0.717, 1.165) is 0 Å². The molecule has 6 heteroatoms. The van der Waals surface area contributed by atoms with Gasteiger partial charge in [-0.2, -0.15) is 0 Å². The Morgan fingerprint density at radius 2 is 2.07 bits per heavy atom. The van der Waals surface area contributed by atoms with Crippen molar-refractivity contribution in [2.45, 2.75) is 31.1 Å². The Kier molecular flexibility index (Phi) is 2.62. The highest BCUT2D eigenvalue weighted by atomic mass is 32.2. The van der Waals surface area contributed by atoms with Crippen LogP contribution >= 0.6 is 0 Å². The van der Waals surface area contributed by atoms with Crippen LogP contribution in [0.1, 0.15) is 20.3 Å². The zero-order chi connectivity index (χ0) is 11.1. The zero-order valence-electron chi connectivity index (χ0n) is 8.23. The fraction of sp³-hybridized carbons (Fsp3) is 0.875. The maximum Gasteiger partial charge on any atom is 0.320 e. The molecule has 5 nitrogen and oxygen atoms in total. The van der Waals surface area contributed by atoms with Crippen molar-refractivity contribution < 1.29 is 18.3 Å². The fourth-order valence-corrected chi connectivity index (χ4v) is 3.72. The lowest BCUT2D eigenvalue weighted by molar-refractivity contribution is -0.140. The summed E-state index contributed by atoms with van der Waals surface area (Å²) in [7, 11) is -3.20. The van der Waals surface area contributed by atoms with Gasteiger partial charge in [-0.1, -0.05) is 0 Å². The number of aliphatic carboxylic acids is 1. The van der Waals surface area contributed by atoms with Gasteiger partial charge in [0.05, 0.1) is 10.5 Å². The second kappa shape index (κ2) is 3.20. The summed E-state index contributed by atoms with van der Waals surface area (Å²) >= 11 is 0. The molecule has 0 aliphatic carbocycles. The maximum absolute atomic E-state index is 11.6. The number of carboxylic acid groups (broad SMARTS) is 1. The van der Waals surface area contributed by atoms with E-state index in [9.17, 15) is 13.2 Å². The minimum absolute atomic E-state index is 0.0334. The van der Waals surface area contributed by atoms with E-state index in [1.165, 1.54) is 0 Å². The third kappa shape index (κ3) is 1.52. The van der Waals surface area contributed by atoms with Gasteiger partial charge in [-0.3, -0.25) is 4.79 Å². The van der Waals surface area contributed by atoms with Crippen molar-refractivity contribution in [3.63, 3.8) is 0 Å². The van der Waals surface area contributed by atoms with Crippen molar-refractivity contribution >= 4 is 15.8 Å². The second-order valence-electron chi connectivity index (χ2n) is 4.18. The molecule has 1 saturated heterocycles. The van der Waals surface area contributed by atoms with Crippen molar-refractivity contribution in [2.24, 2.45) is 11.7 Å². The SMILES string of the molecule is CC1(C)C(C(N)C(=O)O)CCS1(=O)=O. The molecule has 0 saturated carbocycles. The zero-order valence-corrected chi connectivity index (χ0v) is 9.04. The largest absolute Gasteiger partial charge is 0.480 e. The lowest BCUT2D eigenvalue weighted by Gasteiger charge is -2.28. The first kappa shape index (κ1) is 11.5. The smallest absolute Gasteiger partial charge is 0.320 e. The highest BCUT2D eigenvalue weighted by Gasteiger charge is 2.51. The van der Waals surface area contributed by atoms with Crippen LogP contribution < -0.4 is 5.73 Å². The normalized spacial score (nSPS) is 31.2. The van der Waals surface area contributed by atoms with Crippen molar-refractivity contribution in [1.82, 2.24) is 0 Å². The van der Waals surface area contributed by atoms with Crippen molar-refractivity contribution in [3.8, 4) is 0 Å². The Bertz CT molecular complexity index is 346. The van der Waals surface area contributed by atoms with Gasteiger partial charge in [0.15, 0.2) is 9.84 Å². The van der Waals surface area contributed by atoms with Crippen LogP contribution in [0.3, 0.4) is 0 Å². The summed E-state index contributed by atoms with van der Waals surface area (Å²) in [5.41, 5.74) is 5.45. The molecule has 1 aliphatic heterocycles. The van der Waals surface area contributed by atoms with Gasteiger partial charge in [-0.25, -0.2) is 8.42 Å². The van der Waals surface area contributed by atoms with E-state index < -0.39 is 32.5 Å². The molecule has 1 fully saturated rings. The first-order valence-corrected chi connectivity index (χ1v) is 6.06. The summed E-state index contributed by atoms with van der Waals surface area (Å²) in [5.74, 6) is -1.60. The van der Waals surface area contributed by atoms with E-state index in [2.05, 4.69) is 0 Å². The molecule has 3 N–H and O–H groups in total. The summed E-state index contributed by atoms with van der Waals surface area (Å²) < 4.78 is 22.1. The van der Waals surface area contributed by atoms with Gasteiger partial charge in [0, 0.05) is 5.92 Å². The Morgan fingerprint density at radius 1 is 1.57 bits per heavy atom. The number of hydrogen-bond donors (Lipinski definition) is 2. The van der Waals surface area contributed by atoms with Gasteiger partial charge in [-0.05, 0) is 20.3 Å². The summed E-state index contributed by atoms with van der Waals surface area (Å²) in [6, 6.07) is -1.10. The third-order valence-corrected chi connectivity index (χ3v) is 5.79. The van der Waals surface area contributed by atoms with Gasteiger partial charge in [0.2, 0.25) is 0 Å². The summed E-state index contributed by atoms with van der Waals surface area (Å²) in [6.07, 6.45) is 0.336. The fourth-order valence-electron chi connectivity index (χ4n) is 1.91. The van der Waals surface area contributed by atoms with Gasteiger partial charge >= 0.3 is 5.97 Å². The van der Waals surface area contributed by atoms with Gasteiger partial charge in [0.1, 0.15) is 6.04 Å². The van der Waals surface area contributed by atoms with Crippen LogP contribution in [0.4, 0.5) is 0 Å². The van der Waals surface area contributed by atoms with E-state index >= 15 is 0 Å². The first-order chi connectivity index (χ1) is 6.20. The third-order valence-electron chi connectivity index (χ3n) is 3.11. The summed E-state index contributed by atoms with van der Waals surface area (Å²) in [4.78, 5) is 10.7. The standard InChI is InChI=1S/C8H15NO4S/c1-8(2)5(6(9)7(10)11)3-4-14(8,12)13/h5-6H,3-4,9H2,1-2H3,(H,10,11).